The molecule has 1 N–H and O–H groups in total. The number of hydrogen-bond donors (Lipinski definition) is 1. The van der Waals surface area contributed by atoms with E-state index < -0.39 is 0 Å². The van der Waals surface area contributed by atoms with E-state index in [1.54, 1.807) is 0 Å². The van der Waals surface area contributed by atoms with E-state index in [1.165, 1.54) is 32.1 Å². The number of fused-ring (bicyclic) bond motifs is 2. The van der Waals surface area contributed by atoms with Crippen LogP contribution in [0.2, 0.25) is 10.0 Å². The first-order valence-electron chi connectivity index (χ1n) is 8.08. The summed E-state index contributed by atoms with van der Waals surface area (Å²) < 4.78 is 0. The first-order valence-corrected chi connectivity index (χ1v) is 8.83. The third-order valence-electron chi connectivity index (χ3n) is 4.99. The van der Waals surface area contributed by atoms with Crippen LogP contribution in [0.4, 0.5) is 5.69 Å². The summed E-state index contributed by atoms with van der Waals surface area (Å²) >= 11 is 13.1. The standard InChI is InChI=1S/C17H24Cl2N2/c1-3-20-12-9-13-5-4-6-14(10-12)21(13)17-15(18)8-7-11(2)16(17)19/h7-8,12-14,20H,3-6,9-10H2,1-2H3. The number of nitrogens with zero attached hydrogens (tertiary/aromatic N) is 1. The quantitative estimate of drug-likeness (QED) is 0.858. The van der Waals surface area contributed by atoms with Crippen LogP contribution >= 0.6 is 23.2 Å². The number of benzene rings is 1. The molecule has 2 aliphatic heterocycles. The minimum atomic E-state index is 0.568. The summed E-state index contributed by atoms with van der Waals surface area (Å²) in [5.74, 6) is 0. The van der Waals surface area contributed by atoms with Gasteiger partial charge in [0.15, 0.2) is 0 Å². The Bertz CT molecular complexity index is 504. The number of nitrogens with one attached hydrogen (secondary N) is 1. The van der Waals surface area contributed by atoms with E-state index in [-0.39, 0.29) is 0 Å². The lowest BCUT2D eigenvalue weighted by Crippen LogP contribution is -2.56. The molecule has 2 bridgehead atoms. The van der Waals surface area contributed by atoms with Crippen LogP contribution in [-0.4, -0.2) is 24.7 Å². The molecule has 0 aliphatic carbocycles. The van der Waals surface area contributed by atoms with Crippen molar-refractivity contribution in [1.29, 1.82) is 0 Å². The lowest BCUT2D eigenvalue weighted by molar-refractivity contribution is 0.247. The van der Waals surface area contributed by atoms with Gasteiger partial charge >= 0.3 is 0 Å². The van der Waals surface area contributed by atoms with Crippen LogP contribution in [-0.2, 0) is 0 Å². The van der Waals surface area contributed by atoms with Gasteiger partial charge in [-0.15, -0.1) is 0 Å². The second kappa shape index (κ2) is 6.36. The van der Waals surface area contributed by atoms with Crippen molar-refractivity contribution in [3.63, 3.8) is 0 Å². The van der Waals surface area contributed by atoms with E-state index in [4.69, 9.17) is 23.2 Å². The molecule has 2 saturated heterocycles. The molecule has 0 spiro atoms. The van der Waals surface area contributed by atoms with Crippen molar-refractivity contribution in [1.82, 2.24) is 5.32 Å². The first-order chi connectivity index (χ1) is 10.1. The highest BCUT2D eigenvalue weighted by Gasteiger charge is 2.39. The number of halogens is 2. The van der Waals surface area contributed by atoms with Crippen molar-refractivity contribution in [3.05, 3.63) is 27.7 Å². The van der Waals surface area contributed by atoms with Crippen LogP contribution in [0.1, 0.15) is 44.6 Å². The van der Waals surface area contributed by atoms with E-state index in [1.807, 2.05) is 12.1 Å². The molecule has 0 aromatic heterocycles. The molecule has 0 radical (unpaired) electrons. The summed E-state index contributed by atoms with van der Waals surface area (Å²) in [6.45, 7) is 5.30. The molecule has 1 aromatic carbocycles. The minimum Gasteiger partial charge on any atom is -0.363 e. The molecule has 2 heterocycles. The number of anilines is 1. The number of piperidine rings is 2. The maximum atomic E-state index is 6.60. The Morgan fingerprint density at radius 1 is 1.19 bits per heavy atom. The fourth-order valence-electron chi connectivity index (χ4n) is 4.08. The first kappa shape index (κ1) is 15.5. The van der Waals surface area contributed by atoms with Gasteiger partial charge in [-0.1, -0.05) is 36.2 Å². The highest BCUT2D eigenvalue weighted by molar-refractivity contribution is 6.39. The smallest absolute Gasteiger partial charge is 0.0752 e. The molecule has 21 heavy (non-hydrogen) atoms. The van der Waals surface area contributed by atoms with E-state index in [2.05, 4.69) is 24.1 Å². The Morgan fingerprint density at radius 3 is 2.48 bits per heavy atom. The van der Waals surface area contributed by atoms with E-state index in [9.17, 15) is 0 Å². The number of rotatable bonds is 3. The molecule has 0 saturated carbocycles. The Morgan fingerprint density at radius 2 is 1.86 bits per heavy atom. The van der Waals surface area contributed by atoms with Crippen molar-refractivity contribution in [3.8, 4) is 0 Å². The van der Waals surface area contributed by atoms with Gasteiger partial charge in [0.1, 0.15) is 0 Å². The predicted octanol–water partition coefficient (Wildman–Crippen LogP) is 4.80. The molecule has 2 atom stereocenters. The van der Waals surface area contributed by atoms with Crippen LogP contribution in [0.3, 0.4) is 0 Å². The topological polar surface area (TPSA) is 15.3 Å². The Hall–Kier alpha value is -0.440. The van der Waals surface area contributed by atoms with Crippen molar-refractivity contribution >= 4 is 28.9 Å². The van der Waals surface area contributed by atoms with E-state index >= 15 is 0 Å². The fraction of sp³-hybridized carbons (Fsp3) is 0.647. The van der Waals surface area contributed by atoms with Crippen molar-refractivity contribution < 1.29 is 0 Å². The van der Waals surface area contributed by atoms with Crippen molar-refractivity contribution in [2.45, 2.75) is 64.1 Å². The summed E-state index contributed by atoms with van der Waals surface area (Å²) in [4.78, 5) is 2.54. The van der Waals surface area contributed by atoms with Gasteiger partial charge in [-0.05, 0) is 57.2 Å². The van der Waals surface area contributed by atoms with Crippen LogP contribution in [0.25, 0.3) is 0 Å². The molecular weight excluding hydrogens is 303 g/mol. The SMILES string of the molecule is CCNC1CC2CCCC(C1)N2c1c(Cl)ccc(C)c1Cl. The zero-order valence-corrected chi connectivity index (χ0v) is 14.3. The van der Waals surface area contributed by atoms with Gasteiger partial charge in [0.2, 0.25) is 0 Å². The summed E-state index contributed by atoms with van der Waals surface area (Å²) in [6.07, 6.45) is 6.22. The molecule has 2 aliphatic rings. The van der Waals surface area contributed by atoms with Crippen molar-refractivity contribution in [2.75, 3.05) is 11.4 Å². The zero-order chi connectivity index (χ0) is 15.0. The Balaban J connectivity index is 1.94. The van der Waals surface area contributed by atoms with E-state index in [0.717, 1.165) is 27.8 Å². The molecule has 2 fully saturated rings. The number of hydrogen-bond acceptors (Lipinski definition) is 2. The summed E-state index contributed by atoms with van der Waals surface area (Å²) in [5, 5.41) is 5.26. The summed E-state index contributed by atoms with van der Waals surface area (Å²) in [7, 11) is 0. The van der Waals surface area contributed by atoms with Gasteiger partial charge in [0.05, 0.1) is 15.7 Å². The lowest BCUT2D eigenvalue weighted by Gasteiger charge is -2.51. The Labute approximate surface area is 137 Å². The average molecular weight is 327 g/mol. The summed E-state index contributed by atoms with van der Waals surface area (Å²) in [6, 6.07) is 5.78. The molecule has 2 unspecified atom stereocenters. The van der Waals surface area contributed by atoms with Crippen LogP contribution < -0.4 is 10.2 Å². The molecule has 116 valence electrons. The maximum absolute atomic E-state index is 6.60. The molecule has 3 rings (SSSR count). The van der Waals surface area contributed by atoms with Crippen LogP contribution in [0, 0.1) is 6.92 Å². The lowest BCUT2D eigenvalue weighted by atomic mass is 9.81. The van der Waals surface area contributed by atoms with E-state index in [0.29, 0.717) is 18.1 Å². The monoisotopic (exact) mass is 326 g/mol. The molecule has 2 nitrogen and oxygen atoms in total. The summed E-state index contributed by atoms with van der Waals surface area (Å²) in [5.41, 5.74) is 2.19. The predicted molar refractivity (Wildman–Crippen MR) is 91.8 cm³/mol. The molecule has 4 heteroatoms. The second-order valence-electron chi connectivity index (χ2n) is 6.40. The fourth-order valence-corrected chi connectivity index (χ4v) is 4.65. The highest BCUT2D eigenvalue weighted by atomic mass is 35.5. The second-order valence-corrected chi connectivity index (χ2v) is 7.18. The highest BCUT2D eigenvalue weighted by Crippen LogP contribution is 2.44. The van der Waals surface area contributed by atoms with Gasteiger partial charge in [-0.25, -0.2) is 0 Å². The average Bonchev–Trinajstić information content (AvgIpc) is 2.44. The normalized spacial score (nSPS) is 28.8. The van der Waals surface area contributed by atoms with Gasteiger partial charge in [0.25, 0.3) is 0 Å². The zero-order valence-electron chi connectivity index (χ0n) is 12.8. The molecular formula is C17H24Cl2N2. The molecule has 1 aromatic rings. The van der Waals surface area contributed by atoms with Crippen molar-refractivity contribution in [2.24, 2.45) is 0 Å². The largest absolute Gasteiger partial charge is 0.363 e. The van der Waals surface area contributed by atoms with Gasteiger partial charge in [0, 0.05) is 18.1 Å². The van der Waals surface area contributed by atoms with Gasteiger partial charge < -0.3 is 10.2 Å². The van der Waals surface area contributed by atoms with Crippen LogP contribution in [0.5, 0.6) is 0 Å². The molecule has 0 amide bonds. The Kier molecular flexibility index (Phi) is 4.68. The third-order valence-corrected chi connectivity index (χ3v) is 5.77. The minimum absolute atomic E-state index is 0.568. The van der Waals surface area contributed by atoms with Gasteiger partial charge in [-0.2, -0.15) is 0 Å². The maximum Gasteiger partial charge on any atom is 0.0752 e. The van der Waals surface area contributed by atoms with Crippen LogP contribution in [0.15, 0.2) is 12.1 Å². The number of aryl methyl sites for hydroxylation is 1. The third kappa shape index (κ3) is 2.91. The van der Waals surface area contributed by atoms with Gasteiger partial charge in [-0.3, -0.25) is 0 Å².